The van der Waals surface area contributed by atoms with Crippen LogP contribution in [0.25, 0.3) is 10.9 Å². The van der Waals surface area contributed by atoms with Crippen LogP contribution >= 0.6 is 0 Å². The normalized spacial score (nSPS) is 11.7. The molecule has 0 radical (unpaired) electrons. The Bertz CT molecular complexity index is 1240. The highest BCUT2D eigenvalue weighted by molar-refractivity contribution is 5.88. The van der Waals surface area contributed by atoms with E-state index in [4.69, 9.17) is 21.4 Å². The number of carboxylic acid groups (broad SMARTS) is 1. The fourth-order valence-corrected chi connectivity index (χ4v) is 3.90. The Morgan fingerprint density at radius 2 is 1.62 bits per heavy atom. The molecule has 3 rings (SSSR count). The van der Waals surface area contributed by atoms with Crippen molar-refractivity contribution in [3.8, 4) is 0 Å². The third-order valence-corrected chi connectivity index (χ3v) is 5.88. The fraction of sp³-hybridized carbons (Fsp3) is 0.357. The lowest BCUT2D eigenvalue weighted by molar-refractivity contribution is -0.192. The van der Waals surface area contributed by atoms with Crippen LogP contribution in [0.3, 0.4) is 0 Å². The second-order valence-corrected chi connectivity index (χ2v) is 8.89. The number of hydrogen-bond acceptors (Lipinski definition) is 6. The van der Waals surface area contributed by atoms with Gasteiger partial charge in [0.05, 0.1) is 12.1 Å². The molecule has 0 spiro atoms. The molecule has 0 aliphatic heterocycles. The van der Waals surface area contributed by atoms with Crippen LogP contribution in [0.2, 0.25) is 0 Å². The summed E-state index contributed by atoms with van der Waals surface area (Å²) in [4.78, 5) is 40.8. The van der Waals surface area contributed by atoms with Gasteiger partial charge in [0.2, 0.25) is 11.8 Å². The third-order valence-electron chi connectivity index (χ3n) is 5.88. The summed E-state index contributed by atoms with van der Waals surface area (Å²) in [7, 11) is 0. The zero-order valence-corrected chi connectivity index (χ0v) is 21.9. The van der Waals surface area contributed by atoms with Crippen molar-refractivity contribution in [1.29, 1.82) is 0 Å². The van der Waals surface area contributed by atoms with Gasteiger partial charge in [0.15, 0.2) is 0 Å². The van der Waals surface area contributed by atoms with Crippen molar-refractivity contribution < 1.29 is 32.7 Å². The molecule has 0 aliphatic carbocycles. The summed E-state index contributed by atoms with van der Waals surface area (Å²) in [5.41, 5.74) is 14.4. The highest BCUT2D eigenvalue weighted by atomic mass is 19.4. The van der Waals surface area contributed by atoms with Crippen molar-refractivity contribution in [1.82, 2.24) is 15.2 Å². The molecule has 2 aromatic carbocycles. The standard InChI is InChI=1S/C26H33N5O2.C2HF3O2/c27-14-6-13-24(26(33)29-15-7-10-20-8-2-1-3-9-20)31(25(32)17-28)19-21-16-22-11-4-5-12-23(22)30-18-21;3-2(4,5)1(6)7/h1-5,8-9,11-12,16,18,24H,6-7,10,13-15,17,19,27-28H2,(H,29,33);(H,6,7). The first-order valence-corrected chi connectivity index (χ1v) is 12.7. The first-order valence-electron chi connectivity index (χ1n) is 12.7. The Hall–Kier alpha value is -4.03. The molecule has 0 fully saturated rings. The molecule has 1 aromatic heterocycles. The monoisotopic (exact) mass is 561 g/mol. The van der Waals surface area contributed by atoms with E-state index in [-0.39, 0.29) is 24.9 Å². The zero-order valence-electron chi connectivity index (χ0n) is 21.9. The molecule has 0 bridgehead atoms. The number of aryl methyl sites for hydroxylation is 1. The molecule has 12 heteroatoms. The van der Waals surface area contributed by atoms with Crippen molar-refractivity contribution in [3.63, 3.8) is 0 Å². The minimum Gasteiger partial charge on any atom is -0.475 e. The number of nitrogens with one attached hydrogen (secondary N) is 1. The molecular formula is C28H34F3N5O4. The number of fused-ring (bicyclic) bond motifs is 1. The van der Waals surface area contributed by atoms with E-state index < -0.39 is 18.2 Å². The van der Waals surface area contributed by atoms with Gasteiger partial charge in [-0.1, -0.05) is 48.5 Å². The van der Waals surface area contributed by atoms with Crippen LogP contribution in [0.4, 0.5) is 13.2 Å². The Kier molecular flexibility index (Phi) is 13.0. The van der Waals surface area contributed by atoms with Gasteiger partial charge in [0.25, 0.3) is 0 Å². The molecule has 0 saturated carbocycles. The number of aliphatic carboxylic acids is 1. The molecule has 1 atom stereocenters. The first-order chi connectivity index (χ1) is 19.1. The summed E-state index contributed by atoms with van der Waals surface area (Å²) < 4.78 is 31.7. The Morgan fingerprint density at radius 1 is 0.975 bits per heavy atom. The highest BCUT2D eigenvalue weighted by Crippen LogP contribution is 2.17. The molecule has 40 heavy (non-hydrogen) atoms. The number of carbonyl (C=O) groups excluding carboxylic acids is 2. The van der Waals surface area contributed by atoms with Gasteiger partial charge < -0.3 is 26.8 Å². The second-order valence-electron chi connectivity index (χ2n) is 8.89. The van der Waals surface area contributed by atoms with Crippen molar-refractivity contribution >= 4 is 28.7 Å². The van der Waals surface area contributed by atoms with Crippen LogP contribution in [0, 0.1) is 0 Å². The van der Waals surface area contributed by atoms with Gasteiger partial charge in [0, 0.05) is 24.7 Å². The van der Waals surface area contributed by atoms with Crippen LogP contribution in [0.5, 0.6) is 0 Å². The number of hydrogen-bond donors (Lipinski definition) is 4. The van der Waals surface area contributed by atoms with E-state index in [1.807, 2.05) is 48.5 Å². The quantitative estimate of drug-likeness (QED) is 0.248. The maximum Gasteiger partial charge on any atom is 0.490 e. The van der Waals surface area contributed by atoms with Gasteiger partial charge in [-0.15, -0.1) is 0 Å². The van der Waals surface area contributed by atoms with Gasteiger partial charge in [-0.3, -0.25) is 14.6 Å². The van der Waals surface area contributed by atoms with Crippen LogP contribution in [0.1, 0.15) is 30.4 Å². The summed E-state index contributed by atoms with van der Waals surface area (Å²) in [6.07, 6.45) is -0.529. The number of amides is 2. The average molecular weight is 562 g/mol. The summed E-state index contributed by atoms with van der Waals surface area (Å²) in [5.74, 6) is -3.20. The number of halogens is 3. The number of rotatable bonds is 12. The number of nitrogens with two attached hydrogens (primary N) is 2. The second kappa shape index (κ2) is 16.2. The number of nitrogens with zero attached hydrogens (tertiary/aromatic N) is 2. The van der Waals surface area contributed by atoms with Crippen molar-refractivity contribution in [3.05, 3.63) is 78.0 Å². The number of benzene rings is 2. The van der Waals surface area contributed by atoms with E-state index >= 15 is 0 Å². The lowest BCUT2D eigenvalue weighted by Crippen LogP contribution is -2.51. The van der Waals surface area contributed by atoms with Crippen molar-refractivity contribution in [2.24, 2.45) is 11.5 Å². The van der Waals surface area contributed by atoms with Crippen LogP contribution in [-0.4, -0.2) is 64.6 Å². The molecule has 0 aliphatic rings. The Labute approximate surface area is 230 Å². The smallest absolute Gasteiger partial charge is 0.475 e. The van der Waals surface area contributed by atoms with Crippen molar-refractivity contribution in [2.45, 2.75) is 44.4 Å². The average Bonchev–Trinajstić information content (AvgIpc) is 2.94. The molecule has 9 nitrogen and oxygen atoms in total. The molecular weight excluding hydrogens is 527 g/mol. The molecule has 1 unspecified atom stereocenters. The Morgan fingerprint density at radius 3 is 2.25 bits per heavy atom. The molecule has 1 heterocycles. The van der Waals surface area contributed by atoms with Gasteiger partial charge in [-0.25, -0.2) is 4.79 Å². The highest BCUT2D eigenvalue weighted by Gasteiger charge is 2.38. The van der Waals surface area contributed by atoms with Crippen LogP contribution in [0.15, 0.2) is 66.9 Å². The molecule has 216 valence electrons. The summed E-state index contributed by atoms with van der Waals surface area (Å²) in [6, 6.07) is 19.3. The predicted octanol–water partition coefficient (Wildman–Crippen LogP) is 3.01. The fourth-order valence-electron chi connectivity index (χ4n) is 3.90. The minimum atomic E-state index is -5.08. The van der Waals surface area contributed by atoms with E-state index in [1.165, 1.54) is 5.56 Å². The SMILES string of the molecule is NCCCC(C(=O)NCCCc1ccccc1)N(Cc1cnc2ccccc2c1)C(=O)CN.O=C(O)C(F)(F)F. The molecule has 0 saturated heterocycles. The molecule has 6 N–H and O–H groups in total. The largest absolute Gasteiger partial charge is 0.490 e. The van der Waals surface area contributed by atoms with Crippen molar-refractivity contribution in [2.75, 3.05) is 19.6 Å². The third kappa shape index (κ3) is 10.6. The van der Waals surface area contributed by atoms with E-state index in [0.29, 0.717) is 25.9 Å². The van der Waals surface area contributed by atoms with E-state index in [9.17, 15) is 22.8 Å². The van der Waals surface area contributed by atoms with E-state index in [2.05, 4.69) is 22.4 Å². The van der Waals surface area contributed by atoms with Gasteiger partial charge in [-0.05, 0) is 55.5 Å². The predicted molar refractivity (Wildman–Crippen MR) is 145 cm³/mol. The maximum absolute atomic E-state index is 13.1. The zero-order chi connectivity index (χ0) is 29.5. The molecule has 3 aromatic rings. The van der Waals surface area contributed by atoms with Crippen LogP contribution < -0.4 is 16.8 Å². The lowest BCUT2D eigenvalue weighted by Gasteiger charge is -2.31. The number of aromatic nitrogens is 1. The van der Waals surface area contributed by atoms with E-state index in [0.717, 1.165) is 29.3 Å². The summed E-state index contributed by atoms with van der Waals surface area (Å²) in [5, 5.41) is 11.1. The topological polar surface area (TPSA) is 152 Å². The number of pyridine rings is 1. The van der Waals surface area contributed by atoms with E-state index in [1.54, 1.807) is 11.1 Å². The first kappa shape index (κ1) is 32.2. The maximum atomic E-state index is 13.1. The molecule has 2 amide bonds. The van der Waals surface area contributed by atoms with Crippen LogP contribution in [-0.2, 0) is 27.3 Å². The number of carbonyl (C=O) groups is 3. The summed E-state index contributed by atoms with van der Waals surface area (Å²) >= 11 is 0. The number of alkyl halides is 3. The van der Waals surface area contributed by atoms with Gasteiger partial charge >= 0.3 is 12.1 Å². The van der Waals surface area contributed by atoms with Gasteiger partial charge in [0.1, 0.15) is 6.04 Å². The summed E-state index contributed by atoms with van der Waals surface area (Å²) in [6.45, 7) is 1.08. The lowest BCUT2D eigenvalue weighted by atomic mass is 10.1. The minimum absolute atomic E-state index is 0.165. The Balaban J connectivity index is 0.000000708. The number of para-hydroxylation sites is 1. The number of carboxylic acids is 1. The van der Waals surface area contributed by atoms with Gasteiger partial charge in [-0.2, -0.15) is 13.2 Å².